The molecule has 0 bridgehead atoms. The molecule has 0 aliphatic rings. The van der Waals surface area contributed by atoms with E-state index in [2.05, 4.69) is 32.9 Å². The molecule has 0 saturated heterocycles. The van der Waals surface area contributed by atoms with Gasteiger partial charge in [-0.3, -0.25) is 0 Å². The standard InChI is InChI=1S/C25H43Cl/c1-4-5-6-7-8-9-10-11-12-13-14-15-16-17-18-24-19-20-25(21-26)23(3)22(24)2/h19-20H,4-18,21H2,1-3H3. The molecule has 0 saturated carbocycles. The lowest BCUT2D eigenvalue weighted by atomic mass is 9.95. The number of hydrogen-bond donors (Lipinski definition) is 0. The van der Waals surface area contributed by atoms with Crippen molar-refractivity contribution in [2.24, 2.45) is 0 Å². The van der Waals surface area contributed by atoms with Crippen LogP contribution < -0.4 is 0 Å². The van der Waals surface area contributed by atoms with Gasteiger partial charge in [-0.15, -0.1) is 11.6 Å². The second-order valence-corrected chi connectivity index (χ2v) is 8.38. The molecule has 0 heterocycles. The molecule has 1 heteroatoms. The summed E-state index contributed by atoms with van der Waals surface area (Å²) in [7, 11) is 0. The zero-order chi connectivity index (χ0) is 19.0. The Balaban J connectivity index is 1.95. The van der Waals surface area contributed by atoms with E-state index in [1.807, 2.05) is 0 Å². The van der Waals surface area contributed by atoms with Gasteiger partial charge in [-0.2, -0.15) is 0 Å². The Morgan fingerprint density at radius 1 is 0.577 bits per heavy atom. The van der Waals surface area contributed by atoms with Crippen LogP contribution in [0.1, 0.15) is 119 Å². The third-order valence-electron chi connectivity index (χ3n) is 5.96. The average Bonchev–Trinajstić information content (AvgIpc) is 2.65. The number of alkyl halides is 1. The number of rotatable bonds is 16. The maximum Gasteiger partial charge on any atom is 0.0476 e. The maximum absolute atomic E-state index is 6.00. The molecule has 0 aromatic heterocycles. The third-order valence-corrected chi connectivity index (χ3v) is 6.24. The predicted octanol–water partition coefficient (Wildman–Crippen LogP) is 9.07. The molecule has 0 unspecified atom stereocenters. The molecule has 0 N–H and O–H groups in total. The highest BCUT2D eigenvalue weighted by Gasteiger charge is 2.05. The van der Waals surface area contributed by atoms with Crippen LogP contribution in [0.5, 0.6) is 0 Å². The van der Waals surface area contributed by atoms with E-state index in [-0.39, 0.29) is 0 Å². The van der Waals surface area contributed by atoms with Gasteiger partial charge in [0, 0.05) is 5.88 Å². The van der Waals surface area contributed by atoms with Gasteiger partial charge in [0.2, 0.25) is 0 Å². The quantitative estimate of drug-likeness (QED) is 0.199. The van der Waals surface area contributed by atoms with E-state index in [9.17, 15) is 0 Å². The number of hydrogen-bond acceptors (Lipinski definition) is 0. The van der Waals surface area contributed by atoms with E-state index >= 15 is 0 Å². The number of unbranched alkanes of at least 4 members (excludes halogenated alkanes) is 13. The fraction of sp³-hybridized carbons (Fsp3) is 0.760. The molecule has 0 fully saturated rings. The molecule has 1 rings (SSSR count). The van der Waals surface area contributed by atoms with Crippen LogP contribution in [-0.2, 0) is 12.3 Å². The first-order chi connectivity index (χ1) is 12.7. The number of halogens is 1. The van der Waals surface area contributed by atoms with E-state index < -0.39 is 0 Å². The summed E-state index contributed by atoms with van der Waals surface area (Å²) in [4.78, 5) is 0. The molecule has 0 aliphatic carbocycles. The van der Waals surface area contributed by atoms with Gasteiger partial charge in [0.15, 0.2) is 0 Å². The molecule has 150 valence electrons. The maximum atomic E-state index is 6.00. The molecule has 0 amide bonds. The first-order valence-electron chi connectivity index (χ1n) is 11.3. The van der Waals surface area contributed by atoms with Gasteiger partial charge in [0.25, 0.3) is 0 Å². The van der Waals surface area contributed by atoms with E-state index in [1.54, 1.807) is 0 Å². The monoisotopic (exact) mass is 378 g/mol. The van der Waals surface area contributed by atoms with Crippen LogP contribution in [0.15, 0.2) is 12.1 Å². The lowest BCUT2D eigenvalue weighted by molar-refractivity contribution is 0.535. The Kier molecular flexibility index (Phi) is 14.1. The van der Waals surface area contributed by atoms with Gasteiger partial charge in [-0.05, 0) is 48.9 Å². The number of benzene rings is 1. The zero-order valence-electron chi connectivity index (χ0n) is 17.8. The summed E-state index contributed by atoms with van der Waals surface area (Å²) >= 11 is 6.00. The Morgan fingerprint density at radius 3 is 1.42 bits per heavy atom. The minimum atomic E-state index is 0.631. The van der Waals surface area contributed by atoms with Crippen molar-refractivity contribution in [1.82, 2.24) is 0 Å². The smallest absolute Gasteiger partial charge is 0.0476 e. The summed E-state index contributed by atoms with van der Waals surface area (Å²) in [5.74, 6) is 0.631. The minimum Gasteiger partial charge on any atom is -0.122 e. The summed E-state index contributed by atoms with van der Waals surface area (Å²) in [5.41, 5.74) is 5.66. The average molecular weight is 379 g/mol. The molecule has 1 aromatic carbocycles. The third kappa shape index (κ3) is 10.0. The minimum absolute atomic E-state index is 0.631. The van der Waals surface area contributed by atoms with Crippen molar-refractivity contribution in [1.29, 1.82) is 0 Å². The SMILES string of the molecule is CCCCCCCCCCCCCCCCc1ccc(CCl)c(C)c1C. The molecule has 0 radical (unpaired) electrons. The van der Waals surface area contributed by atoms with Gasteiger partial charge in [0.1, 0.15) is 0 Å². The first-order valence-corrected chi connectivity index (χ1v) is 11.9. The van der Waals surface area contributed by atoms with Crippen LogP contribution in [0, 0.1) is 13.8 Å². The summed E-state index contributed by atoms with van der Waals surface area (Å²) in [6.07, 6.45) is 21.2. The van der Waals surface area contributed by atoms with E-state index in [4.69, 9.17) is 11.6 Å². The highest BCUT2D eigenvalue weighted by molar-refractivity contribution is 6.17. The largest absolute Gasteiger partial charge is 0.122 e. The van der Waals surface area contributed by atoms with Crippen LogP contribution in [0.25, 0.3) is 0 Å². The highest BCUT2D eigenvalue weighted by Crippen LogP contribution is 2.21. The molecular weight excluding hydrogens is 336 g/mol. The second kappa shape index (κ2) is 15.6. The van der Waals surface area contributed by atoms with Gasteiger partial charge < -0.3 is 0 Å². The van der Waals surface area contributed by atoms with Gasteiger partial charge in [0.05, 0.1) is 0 Å². The second-order valence-electron chi connectivity index (χ2n) is 8.11. The number of aryl methyl sites for hydroxylation is 1. The Labute approximate surface area is 169 Å². The summed E-state index contributed by atoms with van der Waals surface area (Å²) in [5, 5.41) is 0. The lowest BCUT2D eigenvalue weighted by Gasteiger charge is -2.12. The molecule has 1 aromatic rings. The fourth-order valence-electron chi connectivity index (χ4n) is 3.86. The summed E-state index contributed by atoms with van der Waals surface area (Å²) in [6, 6.07) is 4.51. The van der Waals surface area contributed by atoms with Crippen LogP contribution in [0.2, 0.25) is 0 Å². The van der Waals surface area contributed by atoms with Crippen LogP contribution in [0.3, 0.4) is 0 Å². The Morgan fingerprint density at radius 2 is 0.962 bits per heavy atom. The predicted molar refractivity (Wildman–Crippen MR) is 119 cm³/mol. The zero-order valence-corrected chi connectivity index (χ0v) is 18.6. The van der Waals surface area contributed by atoms with Gasteiger partial charge in [-0.25, -0.2) is 0 Å². The van der Waals surface area contributed by atoms with Crippen molar-refractivity contribution < 1.29 is 0 Å². The molecule has 0 aliphatic heterocycles. The van der Waals surface area contributed by atoms with Crippen molar-refractivity contribution in [3.8, 4) is 0 Å². The highest BCUT2D eigenvalue weighted by atomic mass is 35.5. The topological polar surface area (TPSA) is 0 Å². The van der Waals surface area contributed by atoms with Gasteiger partial charge in [-0.1, -0.05) is 103 Å². The van der Waals surface area contributed by atoms with Crippen molar-refractivity contribution in [2.75, 3.05) is 0 Å². The van der Waals surface area contributed by atoms with Crippen molar-refractivity contribution >= 4 is 11.6 Å². The molecular formula is C25H43Cl. The van der Waals surface area contributed by atoms with E-state index in [0.29, 0.717) is 5.88 Å². The van der Waals surface area contributed by atoms with Crippen molar-refractivity contribution in [2.45, 2.75) is 123 Å². The Bertz CT molecular complexity index is 463. The fourth-order valence-corrected chi connectivity index (χ4v) is 4.15. The summed E-state index contributed by atoms with van der Waals surface area (Å²) < 4.78 is 0. The van der Waals surface area contributed by atoms with E-state index in [0.717, 1.165) is 0 Å². The molecule has 26 heavy (non-hydrogen) atoms. The van der Waals surface area contributed by atoms with E-state index in [1.165, 1.54) is 119 Å². The van der Waals surface area contributed by atoms with Crippen molar-refractivity contribution in [3.63, 3.8) is 0 Å². The molecule has 0 spiro atoms. The van der Waals surface area contributed by atoms with Crippen LogP contribution in [0.4, 0.5) is 0 Å². The first kappa shape index (κ1) is 23.5. The normalized spacial score (nSPS) is 11.2. The van der Waals surface area contributed by atoms with Crippen LogP contribution in [-0.4, -0.2) is 0 Å². The molecule has 0 nitrogen and oxygen atoms in total. The lowest BCUT2D eigenvalue weighted by Crippen LogP contribution is -1.96. The van der Waals surface area contributed by atoms with Crippen molar-refractivity contribution in [3.05, 3.63) is 34.4 Å². The van der Waals surface area contributed by atoms with Gasteiger partial charge >= 0.3 is 0 Å². The summed E-state index contributed by atoms with van der Waals surface area (Å²) in [6.45, 7) is 6.76. The van der Waals surface area contributed by atoms with Crippen LogP contribution >= 0.6 is 11.6 Å². The Hall–Kier alpha value is -0.490. The molecule has 0 atom stereocenters.